The van der Waals surface area contributed by atoms with E-state index in [4.69, 9.17) is 13.0 Å². The number of hydrogen-bond acceptors (Lipinski definition) is 7. The van der Waals surface area contributed by atoms with Gasteiger partial charge in [0.25, 0.3) is 0 Å². The van der Waals surface area contributed by atoms with E-state index in [1.807, 2.05) is 21.1 Å². The van der Waals surface area contributed by atoms with Crippen molar-refractivity contribution in [3.63, 3.8) is 0 Å². The Balaban J connectivity index is 0.000000660. The number of rotatable bonds is 3. The lowest BCUT2D eigenvalue weighted by atomic mass is 10.2. The Bertz CT molecular complexity index is 870. The molecule has 13 heteroatoms. The van der Waals surface area contributed by atoms with Gasteiger partial charge in [-0.15, -0.1) is 0 Å². The van der Waals surface area contributed by atoms with E-state index in [0.717, 1.165) is 11.9 Å². The minimum Gasteiger partial charge on any atom is -0.741 e. The molecule has 1 aromatic carbocycles. The number of carbonyl (C=O) groups is 1. The van der Waals surface area contributed by atoms with E-state index in [0.29, 0.717) is 4.48 Å². The number of sulfone groups is 1. The molecule has 0 radical (unpaired) electrons. The van der Waals surface area contributed by atoms with Crippen LogP contribution >= 0.6 is 0 Å². The number of alkyl halides is 3. The summed E-state index contributed by atoms with van der Waals surface area (Å²) < 4.78 is 87.3. The van der Waals surface area contributed by atoms with E-state index in [2.05, 4.69) is 4.74 Å². The predicted molar refractivity (Wildman–Crippen MR) is 86.2 cm³/mol. The molecular formula is C13H18F3NO7S2. The first-order valence-corrected chi connectivity index (χ1v) is 9.89. The standard InChI is InChI=1S/C12H18NO4S.CHF3O3S/c1-13(2,3)9-6-7-11(18(5,15)16)10(8-9)12(14)17-4;2-1(3,4)8(5,6)7/h6-8H,1-5H3;(H,5,6,7)/q+1;/p-1. The van der Waals surface area contributed by atoms with Gasteiger partial charge in [0.1, 0.15) is 5.69 Å². The molecular weight excluding hydrogens is 403 g/mol. The van der Waals surface area contributed by atoms with Gasteiger partial charge in [0.05, 0.1) is 38.7 Å². The number of esters is 1. The van der Waals surface area contributed by atoms with E-state index < -0.39 is 31.4 Å². The van der Waals surface area contributed by atoms with Crippen LogP contribution in [-0.4, -0.2) is 67.4 Å². The lowest BCUT2D eigenvalue weighted by Crippen LogP contribution is -2.35. The summed E-state index contributed by atoms with van der Waals surface area (Å²) in [5, 5.41) is 0. The van der Waals surface area contributed by atoms with E-state index in [-0.39, 0.29) is 10.5 Å². The van der Waals surface area contributed by atoms with E-state index >= 15 is 0 Å². The van der Waals surface area contributed by atoms with Gasteiger partial charge >= 0.3 is 11.5 Å². The molecule has 0 saturated heterocycles. The molecule has 0 bridgehead atoms. The molecule has 0 atom stereocenters. The summed E-state index contributed by atoms with van der Waals surface area (Å²) >= 11 is 0. The fourth-order valence-electron chi connectivity index (χ4n) is 1.53. The van der Waals surface area contributed by atoms with Crippen molar-refractivity contribution in [1.29, 1.82) is 0 Å². The highest BCUT2D eigenvalue weighted by Crippen LogP contribution is 2.25. The quantitative estimate of drug-likeness (QED) is 0.311. The molecule has 0 aliphatic rings. The first-order valence-electron chi connectivity index (χ1n) is 6.59. The molecule has 0 amide bonds. The Labute approximate surface area is 149 Å². The van der Waals surface area contributed by atoms with Gasteiger partial charge in [-0.3, -0.25) is 4.48 Å². The Morgan fingerprint density at radius 1 is 1.12 bits per heavy atom. The fourth-order valence-corrected chi connectivity index (χ4v) is 2.39. The number of hydrogen-bond donors (Lipinski definition) is 0. The van der Waals surface area contributed by atoms with Gasteiger partial charge in [-0.2, -0.15) is 13.2 Å². The summed E-state index contributed by atoms with van der Waals surface area (Å²) in [7, 11) is -2.54. The van der Waals surface area contributed by atoms with Crippen LogP contribution in [-0.2, 0) is 24.7 Å². The third-order valence-electron chi connectivity index (χ3n) is 2.83. The first-order chi connectivity index (χ1) is 11.3. The van der Waals surface area contributed by atoms with Crippen molar-refractivity contribution in [3.05, 3.63) is 23.8 Å². The predicted octanol–water partition coefficient (Wildman–Crippen LogP) is 1.12. The molecule has 0 N–H and O–H groups in total. The van der Waals surface area contributed by atoms with Crippen LogP contribution in [0.2, 0.25) is 0 Å². The number of quaternary nitrogens is 1. The molecule has 0 aliphatic heterocycles. The first kappa shape index (κ1) is 24.3. The molecule has 0 saturated carbocycles. The van der Waals surface area contributed by atoms with Crippen molar-refractivity contribution >= 4 is 31.6 Å². The van der Waals surface area contributed by atoms with E-state index in [1.54, 1.807) is 12.1 Å². The molecule has 0 unspecified atom stereocenters. The minimum absolute atomic E-state index is 0.00782. The molecule has 1 rings (SSSR count). The van der Waals surface area contributed by atoms with Crippen LogP contribution in [0.25, 0.3) is 0 Å². The van der Waals surface area contributed by atoms with E-state index in [1.165, 1.54) is 13.2 Å². The number of nitrogens with zero attached hydrogens (tertiary/aromatic N) is 1. The zero-order chi connectivity index (χ0) is 21.1. The van der Waals surface area contributed by atoms with Crippen LogP contribution in [0.3, 0.4) is 0 Å². The lowest BCUT2D eigenvalue weighted by Gasteiger charge is -2.24. The average Bonchev–Trinajstić information content (AvgIpc) is 2.42. The van der Waals surface area contributed by atoms with Crippen molar-refractivity contribution in [2.24, 2.45) is 0 Å². The van der Waals surface area contributed by atoms with Crippen molar-refractivity contribution in [3.8, 4) is 0 Å². The molecule has 0 heterocycles. The number of methoxy groups -OCH3 is 1. The van der Waals surface area contributed by atoms with Crippen LogP contribution in [0, 0.1) is 0 Å². The number of halogens is 3. The number of carbonyl (C=O) groups excluding carboxylic acids is 1. The van der Waals surface area contributed by atoms with Gasteiger partial charge in [-0.25, -0.2) is 21.6 Å². The molecule has 26 heavy (non-hydrogen) atoms. The van der Waals surface area contributed by atoms with Crippen LogP contribution < -0.4 is 4.48 Å². The Kier molecular flexibility index (Phi) is 7.38. The maximum Gasteiger partial charge on any atom is 0.485 e. The highest BCUT2D eigenvalue weighted by atomic mass is 32.2. The summed E-state index contributed by atoms with van der Waals surface area (Å²) in [5.41, 5.74) is -4.75. The second-order valence-electron chi connectivity index (χ2n) is 5.86. The van der Waals surface area contributed by atoms with Crippen molar-refractivity contribution in [1.82, 2.24) is 4.48 Å². The van der Waals surface area contributed by atoms with Crippen molar-refractivity contribution in [2.75, 3.05) is 34.5 Å². The molecule has 150 valence electrons. The summed E-state index contributed by atoms with van der Waals surface area (Å²) in [5.74, 6) is -0.647. The van der Waals surface area contributed by atoms with Crippen LogP contribution in [0.1, 0.15) is 10.4 Å². The second kappa shape index (κ2) is 7.90. The van der Waals surface area contributed by atoms with Crippen LogP contribution in [0.15, 0.2) is 23.1 Å². The van der Waals surface area contributed by atoms with Crippen molar-refractivity contribution < 1.29 is 44.1 Å². The van der Waals surface area contributed by atoms with Gasteiger partial charge in [0, 0.05) is 18.4 Å². The molecule has 0 fully saturated rings. The Morgan fingerprint density at radius 3 is 1.81 bits per heavy atom. The van der Waals surface area contributed by atoms with Gasteiger partial charge < -0.3 is 9.29 Å². The largest absolute Gasteiger partial charge is 0.741 e. The van der Waals surface area contributed by atoms with Gasteiger partial charge in [-0.1, -0.05) is 0 Å². The van der Waals surface area contributed by atoms with Crippen LogP contribution in [0.4, 0.5) is 18.9 Å². The SMILES string of the molecule is COC(=O)c1cc([N+](C)(C)C)ccc1S(C)(=O)=O.O=S(=O)([O-])C(F)(F)F. The number of benzene rings is 1. The number of ether oxygens (including phenoxy) is 1. The highest BCUT2D eigenvalue weighted by molar-refractivity contribution is 7.90. The summed E-state index contributed by atoms with van der Waals surface area (Å²) in [4.78, 5) is 11.7. The van der Waals surface area contributed by atoms with Crippen molar-refractivity contribution in [2.45, 2.75) is 10.4 Å². The van der Waals surface area contributed by atoms with E-state index in [9.17, 15) is 26.4 Å². The molecule has 1 aromatic rings. The van der Waals surface area contributed by atoms with Gasteiger partial charge in [0.15, 0.2) is 20.0 Å². The fraction of sp³-hybridized carbons (Fsp3) is 0.462. The normalized spacial score (nSPS) is 12.8. The molecule has 0 spiro atoms. The lowest BCUT2D eigenvalue weighted by molar-refractivity contribution is -0.0517. The van der Waals surface area contributed by atoms with Gasteiger partial charge in [-0.05, 0) is 6.07 Å². The zero-order valence-corrected chi connectivity index (χ0v) is 16.1. The second-order valence-corrected chi connectivity index (χ2v) is 9.21. The summed E-state index contributed by atoms with van der Waals surface area (Å²) in [6.45, 7) is 0. The van der Waals surface area contributed by atoms with Crippen LogP contribution in [0.5, 0.6) is 0 Å². The zero-order valence-electron chi connectivity index (χ0n) is 14.5. The third-order valence-corrected chi connectivity index (χ3v) is 4.55. The smallest absolute Gasteiger partial charge is 0.485 e. The third kappa shape index (κ3) is 6.90. The maximum atomic E-state index is 11.7. The summed E-state index contributed by atoms with van der Waals surface area (Å²) in [6.07, 6.45) is 1.07. The average molecular weight is 421 g/mol. The summed E-state index contributed by atoms with van der Waals surface area (Å²) in [6, 6.07) is 4.70. The highest BCUT2D eigenvalue weighted by Gasteiger charge is 2.36. The molecule has 0 aliphatic carbocycles. The molecule has 0 aromatic heterocycles. The Hall–Kier alpha value is -1.70. The topological polar surface area (TPSA) is 118 Å². The Morgan fingerprint density at radius 2 is 1.54 bits per heavy atom. The molecule has 8 nitrogen and oxygen atoms in total. The maximum absolute atomic E-state index is 11.7. The monoisotopic (exact) mass is 421 g/mol. The minimum atomic E-state index is -6.09. The van der Waals surface area contributed by atoms with Gasteiger partial charge in [0.2, 0.25) is 0 Å².